The van der Waals surface area contributed by atoms with Crippen LogP contribution in [0.4, 0.5) is 11.4 Å². The normalized spacial score (nSPS) is 10.5. The highest BCUT2D eigenvalue weighted by Crippen LogP contribution is 2.29. The van der Waals surface area contributed by atoms with E-state index in [4.69, 9.17) is 23.1 Å². The predicted molar refractivity (Wildman–Crippen MR) is 88.6 cm³/mol. The van der Waals surface area contributed by atoms with E-state index in [9.17, 15) is 4.79 Å². The minimum absolute atomic E-state index is 0.308. The Balaban J connectivity index is 2.10. The van der Waals surface area contributed by atoms with Gasteiger partial charge in [-0.2, -0.15) is 0 Å². The van der Waals surface area contributed by atoms with Crippen molar-refractivity contribution in [3.05, 3.63) is 43.5 Å². The van der Waals surface area contributed by atoms with Crippen LogP contribution >= 0.6 is 38.9 Å². The number of rotatable bonds is 5. The maximum absolute atomic E-state index is 11.4. The van der Waals surface area contributed by atoms with Crippen molar-refractivity contribution in [3.63, 3.8) is 0 Å². The zero-order valence-corrected chi connectivity index (χ0v) is 13.6. The second-order valence-electron chi connectivity index (χ2n) is 4.17. The fourth-order valence-electron chi connectivity index (χ4n) is 1.80. The van der Waals surface area contributed by atoms with Gasteiger partial charge in [-0.15, -0.1) is 11.3 Å². The monoisotopic (exact) mass is 373 g/mol. The third kappa shape index (κ3) is 3.65. The van der Waals surface area contributed by atoms with Gasteiger partial charge in [0.15, 0.2) is 0 Å². The smallest absolute Gasteiger partial charge is 0.250 e. The molecular weight excluding hydrogens is 362 g/mol. The van der Waals surface area contributed by atoms with E-state index in [0.29, 0.717) is 28.5 Å². The molecule has 106 valence electrons. The average molecular weight is 375 g/mol. The van der Waals surface area contributed by atoms with Gasteiger partial charge in [-0.25, -0.2) is 0 Å². The molecule has 0 aliphatic rings. The molecule has 7 heteroatoms. The van der Waals surface area contributed by atoms with Crippen LogP contribution in [0.25, 0.3) is 0 Å². The van der Waals surface area contributed by atoms with Crippen LogP contribution in [-0.4, -0.2) is 12.5 Å². The number of halogens is 2. The van der Waals surface area contributed by atoms with Crippen LogP contribution in [0.5, 0.6) is 0 Å². The summed E-state index contributed by atoms with van der Waals surface area (Å²) >= 11 is 11.2. The van der Waals surface area contributed by atoms with E-state index < -0.39 is 5.91 Å². The van der Waals surface area contributed by atoms with Gasteiger partial charge in [0.1, 0.15) is 0 Å². The lowest BCUT2D eigenvalue weighted by Gasteiger charge is -2.12. The Morgan fingerprint density at radius 3 is 2.75 bits per heavy atom. The number of thiophene rings is 1. The number of anilines is 2. The molecule has 20 heavy (non-hydrogen) atoms. The number of nitrogens with two attached hydrogens (primary N) is 2. The SMILES string of the molecule is NC(=O)c1cc(N)cc(Cl)c1NCCc1ccc(Br)s1. The van der Waals surface area contributed by atoms with Crippen LogP contribution < -0.4 is 16.8 Å². The number of carbonyl (C=O) groups excluding carboxylic acids is 1. The molecule has 0 bridgehead atoms. The van der Waals surface area contributed by atoms with E-state index in [-0.39, 0.29) is 0 Å². The number of nitrogen functional groups attached to an aromatic ring is 1. The number of hydrogen-bond acceptors (Lipinski definition) is 4. The second-order valence-corrected chi connectivity index (χ2v) is 7.13. The molecule has 5 N–H and O–H groups in total. The van der Waals surface area contributed by atoms with Gasteiger partial charge >= 0.3 is 0 Å². The van der Waals surface area contributed by atoms with Gasteiger partial charge in [-0.3, -0.25) is 4.79 Å². The van der Waals surface area contributed by atoms with Crippen molar-refractivity contribution in [1.29, 1.82) is 0 Å². The Hall–Kier alpha value is -1.24. The van der Waals surface area contributed by atoms with Gasteiger partial charge in [0.05, 0.1) is 20.1 Å². The van der Waals surface area contributed by atoms with Crippen LogP contribution in [0, 0.1) is 0 Å². The number of carbonyl (C=O) groups is 1. The molecule has 1 aromatic heterocycles. The topological polar surface area (TPSA) is 81.1 Å². The molecule has 1 amide bonds. The predicted octanol–water partition coefficient (Wildman–Crippen LogP) is 3.50. The Morgan fingerprint density at radius 2 is 2.15 bits per heavy atom. The van der Waals surface area contributed by atoms with Crippen LogP contribution in [0.15, 0.2) is 28.1 Å². The van der Waals surface area contributed by atoms with E-state index in [1.54, 1.807) is 17.4 Å². The Morgan fingerprint density at radius 1 is 1.40 bits per heavy atom. The Labute approximate surface area is 134 Å². The lowest BCUT2D eigenvalue weighted by Crippen LogP contribution is -2.16. The third-order valence-corrected chi connectivity index (χ3v) is 4.66. The zero-order chi connectivity index (χ0) is 14.7. The molecular formula is C13H13BrClN3OS. The number of hydrogen-bond donors (Lipinski definition) is 3. The molecule has 1 heterocycles. The van der Waals surface area contributed by atoms with E-state index >= 15 is 0 Å². The summed E-state index contributed by atoms with van der Waals surface area (Å²) in [5, 5.41) is 3.55. The van der Waals surface area contributed by atoms with Crippen LogP contribution in [0.1, 0.15) is 15.2 Å². The minimum Gasteiger partial charge on any atom is -0.399 e. The van der Waals surface area contributed by atoms with Gasteiger partial charge in [-0.05, 0) is 46.6 Å². The highest BCUT2D eigenvalue weighted by atomic mass is 79.9. The molecule has 4 nitrogen and oxygen atoms in total. The zero-order valence-electron chi connectivity index (χ0n) is 10.5. The summed E-state index contributed by atoms with van der Waals surface area (Å²) < 4.78 is 1.09. The number of amides is 1. The van der Waals surface area contributed by atoms with Gasteiger partial charge in [0, 0.05) is 17.1 Å². The highest BCUT2D eigenvalue weighted by Gasteiger charge is 2.13. The van der Waals surface area contributed by atoms with Gasteiger partial charge in [-0.1, -0.05) is 11.6 Å². The summed E-state index contributed by atoms with van der Waals surface area (Å²) in [6.45, 7) is 0.650. The molecule has 0 radical (unpaired) electrons. The molecule has 1 aromatic carbocycles. The van der Waals surface area contributed by atoms with Crippen molar-refractivity contribution < 1.29 is 4.79 Å². The van der Waals surface area contributed by atoms with E-state index in [0.717, 1.165) is 10.2 Å². The van der Waals surface area contributed by atoms with Crippen LogP contribution in [0.2, 0.25) is 5.02 Å². The summed E-state index contributed by atoms with van der Waals surface area (Å²) in [6.07, 6.45) is 0.829. The lowest BCUT2D eigenvalue weighted by molar-refractivity contribution is 0.100. The van der Waals surface area contributed by atoms with Gasteiger partial charge in [0.2, 0.25) is 0 Å². The highest BCUT2D eigenvalue weighted by molar-refractivity contribution is 9.11. The Bertz CT molecular complexity index is 645. The van der Waals surface area contributed by atoms with E-state index in [1.807, 2.05) is 6.07 Å². The molecule has 0 aliphatic heterocycles. The second kappa shape index (κ2) is 6.47. The van der Waals surface area contributed by atoms with Gasteiger partial charge < -0.3 is 16.8 Å². The first-order chi connectivity index (χ1) is 9.47. The van der Waals surface area contributed by atoms with Crippen molar-refractivity contribution in [2.75, 3.05) is 17.6 Å². The van der Waals surface area contributed by atoms with Crippen molar-refractivity contribution in [1.82, 2.24) is 0 Å². The molecule has 0 fully saturated rings. The standard InChI is InChI=1S/C13H13BrClN3OS/c14-11-2-1-8(20-11)3-4-18-12-9(13(17)19)5-7(16)6-10(12)15/h1-2,5-6,18H,3-4,16H2,(H2,17,19). The Kier molecular flexibility index (Phi) is 4.91. The number of primary amides is 1. The lowest BCUT2D eigenvalue weighted by atomic mass is 10.1. The fourth-order valence-corrected chi connectivity index (χ4v) is 3.58. The molecule has 0 aliphatic carbocycles. The van der Waals surface area contributed by atoms with E-state index in [1.165, 1.54) is 10.9 Å². The van der Waals surface area contributed by atoms with Crippen LogP contribution in [-0.2, 0) is 6.42 Å². The minimum atomic E-state index is -0.555. The molecule has 2 rings (SSSR count). The summed E-state index contributed by atoms with van der Waals surface area (Å²) in [5.74, 6) is -0.555. The first kappa shape index (κ1) is 15.2. The van der Waals surface area contributed by atoms with Crippen LogP contribution in [0.3, 0.4) is 0 Å². The van der Waals surface area contributed by atoms with Crippen molar-refractivity contribution >= 4 is 56.1 Å². The maximum Gasteiger partial charge on any atom is 0.250 e. The summed E-state index contributed by atoms with van der Waals surface area (Å²) in [6, 6.07) is 7.18. The largest absolute Gasteiger partial charge is 0.399 e. The average Bonchev–Trinajstić information content (AvgIpc) is 2.77. The van der Waals surface area contributed by atoms with Crippen molar-refractivity contribution in [2.24, 2.45) is 5.73 Å². The number of benzene rings is 1. The molecule has 0 saturated carbocycles. The molecule has 0 spiro atoms. The molecule has 0 saturated heterocycles. The molecule has 2 aromatic rings. The van der Waals surface area contributed by atoms with Crippen molar-refractivity contribution in [3.8, 4) is 0 Å². The quantitative estimate of drug-likeness (QED) is 0.701. The third-order valence-electron chi connectivity index (χ3n) is 2.68. The first-order valence-electron chi connectivity index (χ1n) is 5.84. The molecule has 0 unspecified atom stereocenters. The molecule has 0 atom stereocenters. The first-order valence-corrected chi connectivity index (χ1v) is 7.83. The summed E-state index contributed by atoms with van der Waals surface area (Å²) in [5.41, 5.74) is 12.3. The summed E-state index contributed by atoms with van der Waals surface area (Å²) in [4.78, 5) is 12.7. The maximum atomic E-state index is 11.4. The van der Waals surface area contributed by atoms with E-state index in [2.05, 4.69) is 27.3 Å². The van der Waals surface area contributed by atoms with Crippen molar-refractivity contribution in [2.45, 2.75) is 6.42 Å². The fraction of sp³-hybridized carbons (Fsp3) is 0.154. The van der Waals surface area contributed by atoms with Gasteiger partial charge in [0.25, 0.3) is 5.91 Å². The summed E-state index contributed by atoms with van der Waals surface area (Å²) in [7, 11) is 0. The number of nitrogens with one attached hydrogen (secondary N) is 1.